The molecule has 0 amide bonds. The van der Waals surface area contributed by atoms with E-state index in [0.29, 0.717) is 6.61 Å². The predicted octanol–water partition coefficient (Wildman–Crippen LogP) is 3.09. The van der Waals surface area contributed by atoms with Gasteiger partial charge in [0.15, 0.2) is 0 Å². The molecule has 0 radical (unpaired) electrons. The van der Waals surface area contributed by atoms with Crippen LogP contribution in [0.4, 0.5) is 0 Å². The number of hydrogen-bond donors (Lipinski definition) is 0. The molecule has 0 heterocycles. The largest absolute Gasteiger partial charge is 0.464 e. The van der Waals surface area contributed by atoms with Crippen molar-refractivity contribution in [3.8, 4) is 0 Å². The van der Waals surface area contributed by atoms with E-state index in [0.717, 1.165) is 12.8 Å². The quantitative estimate of drug-likeness (QED) is 0.331. The highest BCUT2D eigenvalue weighted by molar-refractivity contribution is 7.09. The van der Waals surface area contributed by atoms with Crippen molar-refractivity contribution in [2.75, 3.05) is 13.2 Å². The average Bonchev–Trinajstić information content (AvgIpc) is 2.22. The van der Waals surface area contributed by atoms with Crippen LogP contribution in [0.1, 0.15) is 51.9 Å². The monoisotopic (exact) mass is 234 g/mol. The molecule has 0 aromatic rings. The van der Waals surface area contributed by atoms with Gasteiger partial charge in [0.05, 0.1) is 6.61 Å². The number of unbranched alkanes of at least 4 members (excludes halogenated alkanes) is 6. The predicted molar refractivity (Wildman–Crippen MR) is 64.6 cm³/mol. The molecule has 0 fully saturated rings. The minimum absolute atomic E-state index is 0.0289. The Labute approximate surface area is 95.2 Å². The number of carbonyl (C=O) groups is 1. The molecule has 15 heavy (non-hydrogen) atoms. The molecule has 1 unspecified atom stereocenters. The minimum Gasteiger partial charge on any atom is -0.464 e. The van der Waals surface area contributed by atoms with E-state index < -0.39 is 0 Å². The van der Waals surface area contributed by atoms with Crippen LogP contribution < -0.4 is 0 Å². The molecule has 0 saturated carbocycles. The zero-order valence-corrected chi connectivity index (χ0v) is 10.8. The van der Waals surface area contributed by atoms with Gasteiger partial charge in [-0.15, -0.1) is 0 Å². The van der Waals surface area contributed by atoms with Crippen LogP contribution in [-0.2, 0) is 14.1 Å². The highest BCUT2D eigenvalue weighted by Crippen LogP contribution is 2.06. The summed E-state index contributed by atoms with van der Waals surface area (Å²) in [5.74, 6) is -0.281. The summed E-state index contributed by atoms with van der Waals surface area (Å²) in [6.45, 7) is 2.77. The van der Waals surface area contributed by atoms with Crippen LogP contribution >= 0.6 is 9.47 Å². The van der Waals surface area contributed by atoms with Gasteiger partial charge in [-0.2, -0.15) is 0 Å². The van der Waals surface area contributed by atoms with Gasteiger partial charge in [-0.25, -0.2) is 4.79 Å². The van der Waals surface area contributed by atoms with Crippen molar-refractivity contribution in [1.82, 2.24) is 0 Å². The van der Waals surface area contributed by atoms with Gasteiger partial charge in [0.25, 0.3) is 0 Å². The van der Waals surface area contributed by atoms with Gasteiger partial charge in [0.1, 0.15) is 6.61 Å². The SMILES string of the molecule is CCCCCCCCCOC(=O)COP. The third-order valence-electron chi connectivity index (χ3n) is 2.21. The topological polar surface area (TPSA) is 35.5 Å². The molecule has 0 spiro atoms. The van der Waals surface area contributed by atoms with Gasteiger partial charge in [-0.05, 0) is 6.42 Å². The Kier molecular flexibility index (Phi) is 11.8. The maximum Gasteiger partial charge on any atom is 0.332 e. The van der Waals surface area contributed by atoms with Gasteiger partial charge >= 0.3 is 5.97 Å². The summed E-state index contributed by atoms with van der Waals surface area (Å²) in [5, 5.41) is 0. The van der Waals surface area contributed by atoms with Crippen LogP contribution in [0.2, 0.25) is 0 Å². The normalized spacial score (nSPS) is 10.3. The van der Waals surface area contributed by atoms with E-state index in [4.69, 9.17) is 4.74 Å². The van der Waals surface area contributed by atoms with Crippen LogP contribution in [0, 0.1) is 0 Å². The number of ether oxygens (including phenoxy) is 1. The Morgan fingerprint density at radius 2 is 1.67 bits per heavy atom. The van der Waals surface area contributed by atoms with Gasteiger partial charge in [-0.1, -0.05) is 45.4 Å². The van der Waals surface area contributed by atoms with Crippen molar-refractivity contribution in [2.24, 2.45) is 0 Å². The highest BCUT2D eigenvalue weighted by Gasteiger charge is 2.00. The zero-order chi connectivity index (χ0) is 11.4. The van der Waals surface area contributed by atoms with Crippen LogP contribution in [0.25, 0.3) is 0 Å². The van der Waals surface area contributed by atoms with Crippen molar-refractivity contribution in [3.63, 3.8) is 0 Å². The first-order valence-electron chi connectivity index (χ1n) is 5.78. The smallest absolute Gasteiger partial charge is 0.332 e. The first kappa shape index (κ1) is 14.9. The first-order chi connectivity index (χ1) is 7.31. The summed E-state index contributed by atoms with van der Waals surface area (Å²) in [7, 11) is 2.03. The minimum atomic E-state index is -0.281. The highest BCUT2D eigenvalue weighted by atomic mass is 31.0. The Bertz CT molecular complexity index is 151. The van der Waals surface area contributed by atoms with Crippen LogP contribution in [0.15, 0.2) is 0 Å². The first-order valence-corrected chi connectivity index (χ1v) is 6.25. The molecule has 0 aromatic heterocycles. The summed E-state index contributed by atoms with van der Waals surface area (Å²) in [4.78, 5) is 10.9. The molecule has 90 valence electrons. The maximum atomic E-state index is 10.9. The molecule has 0 saturated heterocycles. The third kappa shape index (κ3) is 11.8. The maximum absolute atomic E-state index is 10.9. The Balaban J connectivity index is 3.01. The average molecular weight is 234 g/mol. The number of carbonyl (C=O) groups excluding carboxylic acids is 1. The molecule has 0 N–H and O–H groups in total. The Morgan fingerprint density at radius 1 is 1.07 bits per heavy atom. The number of esters is 1. The second-order valence-corrected chi connectivity index (χ2v) is 3.99. The van der Waals surface area contributed by atoms with E-state index in [1.807, 2.05) is 9.47 Å². The van der Waals surface area contributed by atoms with E-state index in [2.05, 4.69) is 11.4 Å². The van der Waals surface area contributed by atoms with E-state index in [-0.39, 0.29) is 12.6 Å². The van der Waals surface area contributed by atoms with E-state index in [1.165, 1.54) is 32.1 Å². The van der Waals surface area contributed by atoms with E-state index >= 15 is 0 Å². The summed E-state index contributed by atoms with van der Waals surface area (Å²) in [6.07, 6.45) is 8.62. The summed E-state index contributed by atoms with van der Waals surface area (Å²) >= 11 is 0. The van der Waals surface area contributed by atoms with Crippen LogP contribution in [-0.4, -0.2) is 19.2 Å². The van der Waals surface area contributed by atoms with Crippen molar-refractivity contribution < 1.29 is 14.1 Å². The van der Waals surface area contributed by atoms with Crippen LogP contribution in [0.5, 0.6) is 0 Å². The number of rotatable bonds is 10. The Hall–Kier alpha value is -0.140. The van der Waals surface area contributed by atoms with Gasteiger partial charge < -0.3 is 9.26 Å². The van der Waals surface area contributed by atoms with Gasteiger partial charge in [0.2, 0.25) is 0 Å². The molecule has 0 aliphatic heterocycles. The number of hydrogen-bond acceptors (Lipinski definition) is 3. The molecule has 0 bridgehead atoms. The van der Waals surface area contributed by atoms with Crippen molar-refractivity contribution in [2.45, 2.75) is 51.9 Å². The molecular formula is C11H23O3P. The zero-order valence-electron chi connectivity index (χ0n) is 9.67. The lowest BCUT2D eigenvalue weighted by Gasteiger charge is -2.03. The van der Waals surface area contributed by atoms with Crippen molar-refractivity contribution in [3.05, 3.63) is 0 Å². The lowest BCUT2D eigenvalue weighted by Crippen LogP contribution is -2.10. The fraction of sp³-hybridized carbons (Fsp3) is 0.909. The molecule has 0 aromatic carbocycles. The molecule has 0 rings (SSSR count). The van der Waals surface area contributed by atoms with E-state index in [1.54, 1.807) is 0 Å². The molecule has 4 heteroatoms. The second kappa shape index (κ2) is 11.9. The van der Waals surface area contributed by atoms with E-state index in [9.17, 15) is 4.79 Å². The van der Waals surface area contributed by atoms with Gasteiger partial charge in [0, 0.05) is 9.47 Å². The molecular weight excluding hydrogens is 211 g/mol. The molecule has 3 nitrogen and oxygen atoms in total. The third-order valence-corrected chi connectivity index (χ3v) is 2.38. The summed E-state index contributed by atoms with van der Waals surface area (Å²) in [6, 6.07) is 0. The molecule has 1 atom stereocenters. The van der Waals surface area contributed by atoms with Gasteiger partial charge in [-0.3, -0.25) is 0 Å². The lowest BCUT2D eigenvalue weighted by molar-refractivity contribution is -0.145. The molecule has 0 aliphatic rings. The Morgan fingerprint density at radius 3 is 2.27 bits per heavy atom. The fourth-order valence-electron chi connectivity index (χ4n) is 1.35. The van der Waals surface area contributed by atoms with Crippen LogP contribution in [0.3, 0.4) is 0 Å². The fourth-order valence-corrected chi connectivity index (χ4v) is 1.49. The summed E-state index contributed by atoms with van der Waals surface area (Å²) in [5.41, 5.74) is 0. The second-order valence-electron chi connectivity index (χ2n) is 3.65. The molecule has 0 aliphatic carbocycles. The lowest BCUT2D eigenvalue weighted by atomic mass is 10.1. The standard InChI is InChI=1S/C11H23O3P/c1-2-3-4-5-6-7-8-9-13-11(12)10-14-15/h2-10,15H2,1H3. The van der Waals surface area contributed by atoms with Crippen molar-refractivity contribution in [1.29, 1.82) is 0 Å². The van der Waals surface area contributed by atoms with Crippen molar-refractivity contribution >= 4 is 15.4 Å². The summed E-state index contributed by atoms with van der Waals surface area (Å²) < 4.78 is 9.50.